The Hall–Kier alpha value is -1.90. The van der Waals surface area contributed by atoms with Crippen molar-refractivity contribution in [3.63, 3.8) is 0 Å². The number of amides is 2. The highest BCUT2D eigenvalue weighted by Gasteiger charge is 2.48. The highest BCUT2D eigenvalue weighted by molar-refractivity contribution is 6.16. The zero-order valence-corrected chi connectivity index (χ0v) is 15.8. The molecule has 0 bridgehead atoms. The van der Waals surface area contributed by atoms with Crippen molar-refractivity contribution in [1.82, 2.24) is 10.6 Å². The maximum atomic E-state index is 12.9. The molecule has 1 aromatic carbocycles. The van der Waals surface area contributed by atoms with Crippen LogP contribution in [-0.4, -0.2) is 43.8 Å². The lowest BCUT2D eigenvalue weighted by Crippen LogP contribution is -2.53. The topological polar surface area (TPSA) is 114 Å². The first-order chi connectivity index (χ1) is 13.1. The van der Waals surface area contributed by atoms with E-state index in [9.17, 15) is 9.59 Å². The van der Waals surface area contributed by atoms with Gasteiger partial charge in [0.2, 0.25) is 11.8 Å². The van der Waals surface area contributed by atoms with E-state index in [0.29, 0.717) is 38.8 Å². The minimum atomic E-state index is -1.06. The first kappa shape index (κ1) is 21.4. The molecule has 0 spiro atoms. The highest BCUT2D eigenvalue weighted by atomic mass is 16.5. The Morgan fingerprint density at radius 2 is 1.93 bits per heavy atom. The summed E-state index contributed by atoms with van der Waals surface area (Å²) in [6.45, 7) is 0.952. The maximum Gasteiger partial charge on any atom is 0.436 e. The third kappa shape index (κ3) is 6.05. The minimum absolute atomic E-state index is 0.227. The van der Waals surface area contributed by atoms with Crippen molar-refractivity contribution in [3.8, 4) is 0 Å². The van der Waals surface area contributed by atoms with Gasteiger partial charge in [0.05, 0.1) is 0 Å². The fraction of sp³-hybridized carbons (Fsp3) is 0.579. The largest absolute Gasteiger partial charge is 0.436 e. The molecule has 27 heavy (non-hydrogen) atoms. The quantitative estimate of drug-likeness (QED) is 0.253. The third-order valence-corrected chi connectivity index (χ3v) is 5.11. The van der Waals surface area contributed by atoms with Crippen molar-refractivity contribution in [3.05, 3.63) is 35.9 Å². The second kappa shape index (κ2) is 11.1. The molecule has 0 saturated heterocycles. The summed E-state index contributed by atoms with van der Waals surface area (Å²) < 4.78 is 5.17. The molecule has 0 aromatic heterocycles. The average Bonchev–Trinajstić information content (AvgIpc) is 3.18. The van der Waals surface area contributed by atoms with Gasteiger partial charge in [-0.05, 0) is 44.2 Å². The fourth-order valence-electron chi connectivity index (χ4n) is 3.54. The van der Waals surface area contributed by atoms with Gasteiger partial charge < -0.3 is 26.0 Å². The summed E-state index contributed by atoms with van der Waals surface area (Å²) in [6, 6.07) is 9.91. The summed E-state index contributed by atoms with van der Waals surface area (Å²) in [7, 11) is -0.494. The van der Waals surface area contributed by atoms with Crippen molar-refractivity contribution in [2.45, 2.75) is 51.2 Å². The molecule has 0 radical (unpaired) electrons. The van der Waals surface area contributed by atoms with Crippen LogP contribution in [-0.2, 0) is 20.7 Å². The SMILES string of the molecule is NCCC[C@H](NC(=O)C1(C(=O)NCCc2ccccc2)CCCC1)OBO. The summed E-state index contributed by atoms with van der Waals surface area (Å²) in [5.74, 6) is -0.553. The molecule has 2 amide bonds. The van der Waals surface area contributed by atoms with Gasteiger partial charge in [-0.3, -0.25) is 9.59 Å². The molecule has 1 atom stereocenters. The molecular weight excluding hydrogens is 345 g/mol. The van der Waals surface area contributed by atoms with Crippen molar-refractivity contribution in [2.75, 3.05) is 13.1 Å². The van der Waals surface area contributed by atoms with Gasteiger partial charge >= 0.3 is 7.69 Å². The Bertz CT molecular complexity index is 594. The van der Waals surface area contributed by atoms with Crippen molar-refractivity contribution >= 4 is 19.5 Å². The van der Waals surface area contributed by atoms with E-state index in [1.807, 2.05) is 30.3 Å². The second-order valence-corrected chi connectivity index (χ2v) is 6.97. The predicted octanol–water partition coefficient (Wildman–Crippen LogP) is 0.362. The van der Waals surface area contributed by atoms with Gasteiger partial charge in [-0.25, -0.2) is 0 Å². The van der Waals surface area contributed by atoms with Crippen LogP contribution in [0.3, 0.4) is 0 Å². The lowest BCUT2D eigenvalue weighted by atomic mass is 9.83. The zero-order chi connectivity index (χ0) is 19.5. The van der Waals surface area contributed by atoms with Crippen LogP contribution >= 0.6 is 0 Å². The summed E-state index contributed by atoms with van der Waals surface area (Å²) in [5, 5.41) is 14.7. The van der Waals surface area contributed by atoms with Crippen LogP contribution in [0.15, 0.2) is 30.3 Å². The number of hydrogen-bond acceptors (Lipinski definition) is 5. The zero-order valence-electron chi connectivity index (χ0n) is 15.8. The number of hydrogen-bond donors (Lipinski definition) is 4. The van der Waals surface area contributed by atoms with Crippen LogP contribution in [0, 0.1) is 5.41 Å². The molecule has 148 valence electrons. The molecule has 1 saturated carbocycles. The Kier molecular flexibility index (Phi) is 8.77. The van der Waals surface area contributed by atoms with Gasteiger partial charge in [-0.1, -0.05) is 43.2 Å². The van der Waals surface area contributed by atoms with Gasteiger partial charge in [0, 0.05) is 6.54 Å². The number of nitrogens with one attached hydrogen (secondary N) is 2. The van der Waals surface area contributed by atoms with E-state index in [0.717, 1.165) is 24.8 Å². The molecule has 2 rings (SSSR count). The monoisotopic (exact) mass is 375 g/mol. The van der Waals surface area contributed by atoms with Crippen LogP contribution in [0.4, 0.5) is 0 Å². The predicted molar refractivity (Wildman–Crippen MR) is 105 cm³/mol. The molecule has 1 aromatic rings. The molecule has 8 heteroatoms. The molecule has 1 aliphatic rings. The summed E-state index contributed by atoms with van der Waals surface area (Å²) in [4.78, 5) is 25.8. The van der Waals surface area contributed by atoms with E-state index < -0.39 is 19.3 Å². The van der Waals surface area contributed by atoms with E-state index in [1.165, 1.54) is 0 Å². The molecule has 7 nitrogen and oxygen atoms in total. The van der Waals surface area contributed by atoms with E-state index >= 15 is 0 Å². The van der Waals surface area contributed by atoms with Crippen molar-refractivity contribution in [2.24, 2.45) is 11.1 Å². The average molecular weight is 375 g/mol. The van der Waals surface area contributed by atoms with Gasteiger partial charge in [0.1, 0.15) is 11.6 Å². The Labute approximate surface area is 161 Å². The smallest absolute Gasteiger partial charge is 0.430 e. The molecule has 0 heterocycles. The number of carbonyl (C=O) groups is 2. The molecule has 0 aliphatic heterocycles. The van der Waals surface area contributed by atoms with Crippen LogP contribution < -0.4 is 16.4 Å². The van der Waals surface area contributed by atoms with Gasteiger partial charge in [0.25, 0.3) is 0 Å². The summed E-state index contributed by atoms with van der Waals surface area (Å²) >= 11 is 0. The van der Waals surface area contributed by atoms with Crippen LogP contribution in [0.25, 0.3) is 0 Å². The number of nitrogens with two attached hydrogens (primary N) is 1. The Morgan fingerprint density at radius 3 is 2.56 bits per heavy atom. The first-order valence-corrected chi connectivity index (χ1v) is 9.68. The number of carbonyl (C=O) groups excluding carboxylic acids is 2. The van der Waals surface area contributed by atoms with Crippen molar-refractivity contribution in [1.29, 1.82) is 0 Å². The number of rotatable bonds is 11. The van der Waals surface area contributed by atoms with Crippen molar-refractivity contribution < 1.29 is 19.3 Å². The molecule has 1 fully saturated rings. The lowest BCUT2D eigenvalue weighted by molar-refractivity contribution is -0.145. The molecule has 5 N–H and O–H groups in total. The Morgan fingerprint density at radius 1 is 1.22 bits per heavy atom. The molecule has 1 aliphatic carbocycles. The summed E-state index contributed by atoms with van der Waals surface area (Å²) in [6.07, 6.45) is 3.96. The lowest BCUT2D eigenvalue weighted by Gasteiger charge is -2.29. The van der Waals surface area contributed by atoms with E-state index in [1.54, 1.807) is 0 Å². The molecular formula is C19H30BN3O4. The third-order valence-electron chi connectivity index (χ3n) is 5.11. The van der Waals surface area contributed by atoms with Gasteiger partial charge in [0.15, 0.2) is 0 Å². The van der Waals surface area contributed by atoms with Crippen LogP contribution in [0.1, 0.15) is 44.1 Å². The fourth-order valence-corrected chi connectivity index (χ4v) is 3.54. The van der Waals surface area contributed by atoms with Crippen LogP contribution in [0.2, 0.25) is 0 Å². The summed E-state index contributed by atoms with van der Waals surface area (Å²) in [5.41, 5.74) is 5.59. The van der Waals surface area contributed by atoms with E-state index in [4.69, 9.17) is 15.4 Å². The Balaban J connectivity index is 1.95. The van der Waals surface area contributed by atoms with E-state index in [2.05, 4.69) is 10.6 Å². The standard InChI is InChI=1S/C19H30BN3O4/c21-13-6-9-16(27-20-26)23-18(25)19(11-4-5-12-19)17(24)22-14-10-15-7-2-1-3-8-15/h1-3,7-8,16,20,26H,4-6,9-14,21H2,(H,22,24)(H,23,25)/t16-/m1/s1. The van der Waals surface area contributed by atoms with Crippen LogP contribution in [0.5, 0.6) is 0 Å². The number of benzene rings is 1. The molecule has 0 unspecified atom stereocenters. The highest BCUT2D eigenvalue weighted by Crippen LogP contribution is 2.38. The maximum absolute atomic E-state index is 12.9. The van der Waals surface area contributed by atoms with E-state index in [-0.39, 0.29) is 11.8 Å². The van der Waals surface area contributed by atoms with Gasteiger partial charge in [-0.15, -0.1) is 0 Å². The minimum Gasteiger partial charge on any atom is -0.430 e. The first-order valence-electron chi connectivity index (χ1n) is 9.68. The van der Waals surface area contributed by atoms with Gasteiger partial charge in [-0.2, -0.15) is 0 Å². The second-order valence-electron chi connectivity index (χ2n) is 6.97. The normalized spacial score (nSPS) is 16.5.